The summed E-state index contributed by atoms with van der Waals surface area (Å²) in [7, 11) is -1.77. The first-order valence-electron chi connectivity index (χ1n) is 7.12. The molecule has 0 N–H and O–H groups in total. The van der Waals surface area contributed by atoms with E-state index in [0.717, 1.165) is 0 Å². The summed E-state index contributed by atoms with van der Waals surface area (Å²) >= 11 is 0. The number of benzene rings is 1. The van der Waals surface area contributed by atoms with Gasteiger partial charge in [-0.15, -0.1) is 10.1 Å². The lowest BCUT2D eigenvalue weighted by Crippen LogP contribution is -2.43. The molecule has 1 unspecified atom stereocenters. The van der Waals surface area contributed by atoms with E-state index < -0.39 is 24.6 Å². The Kier molecular flexibility index (Phi) is 4.78. The molecule has 23 heavy (non-hydrogen) atoms. The zero-order valence-electron chi connectivity index (χ0n) is 13.3. The fraction of sp³-hybridized carbons (Fsp3) is 0.429. The smallest absolute Gasteiger partial charge is 0.295 e. The van der Waals surface area contributed by atoms with E-state index in [9.17, 15) is 14.5 Å². The van der Waals surface area contributed by atoms with Gasteiger partial charge in [0, 0.05) is 8.07 Å². The highest BCUT2D eigenvalue weighted by molar-refractivity contribution is 6.76. The van der Waals surface area contributed by atoms with Crippen LogP contribution in [0.2, 0.25) is 25.7 Å². The molecule has 0 radical (unpaired) electrons. The maximum atomic E-state index is 13.3. The van der Waals surface area contributed by atoms with Crippen LogP contribution in [0.4, 0.5) is 4.39 Å². The van der Waals surface area contributed by atoms with Crippen molar-refractivity contribution in [2.45, 2.75) is 37.8 Å². The van der Waals surface area contributed by atoms with Crippen LogP contribution in [0.3, 0.4) is 0 Å². The number of hydrogen-bond donors (Lipinski definition) is 0. The predicted molar refractivity (Wildman–Crippen MR) is 84.3 cm³/mol. The van der Waals surface area contributed by atoms with Crippen LogP contribution in [0.25, 0.3) is 0 Å². The summed E-state index contributed by atoms with van der Waals surface area (Å²) in [6, 6.07) is 6.08. The van der Waals surface area contributed by atoms with Crippen molar-refractivity contribution in [1.29, 1.82) is 0 Å². The third-order valence-corrected chi connectivity index (χ3v) is 4.95. The van der Waals surface area contributed by atoms with Gasteiger partial charge in [-0.1, -0.05) is 31.8 Å². The van der Waals surface area contributed by atoms with Crippen molar-refractivity contribution in [3.63, 3.8) is 0 Å². The van der Waals surface area contributed by atoms with E-state index in [1.54, 1.807) is 0 Å². The van der Waals surface area contributed by atoms with Crippen LogP contribution in [-0.2, 0) is 17.0 Å². The second-order valence-electron chi connectivity index (χ2n) is 6.65. The monoisotopic (exact) mass is 338 g/mol. The molecule has 0 bridgehead atoms. The maximum absolute atomic E-state index is 13.3. The van der Waals surface area contributed by atoms with Crippen LogP contribution in [0, 0.1) is 15.9 Å². The van der Waals surface area contributed by atoms with Crippen molar-refractivity contribution in [3.05, 3.63) is 58.4 Å². The predicted octanol–water partition coefficient (Wildman–Crippen LogP) is 2.86. The summed E-state index contributed by atoms with van der Waals surface area (Å²) in [5, 5.41) is 14.4. The van der Waals surface area contributed by atoms with Crippen molar-refractivity contribution in [3.8, 4) is 0 Å². The van der Waals surface area contributed by atoms with Crippen LogP contribution in [-0.4, -0.2) is 27.9 Å². The molecule has 0 saturated heterocycles. The van der Waals surface area contributed by atoms with Crippen molar-refractivity contribution in [2.75, 3.05) is 0 Å². The van der Waals surface area contributed by atoms with Gasteiger partial charge in [0.15, 0.2) is 5.60 Å². The van der Waals surface area contributed by atoms with E-state index >= 15 is 0 Å². The van der Waals surface area contributed by atoms with E-state index in [1.807, 2.05) is 0 Å². The van der Waals surface area contributed by atoms with Crippen LogP contribution in [0.5, 0.6) is 0 Å². The lowest BCUT2D eigenvalue weighted by Gasteiger charge is -2.36. The van der Waals surface area contributed by atoms with Gasteiger partial charge in [0.05, 0.1) is 6.54 Å². The van der Waals surface area contributed by atoms with Gasteiger partial charge >= 0.3 is 0 Å². The van der Waals surface area contributed by atoms with E-state index in [4.69, 9.17) is 4.84 Å². The van der Waals surface area contributed by atoms with Crippen molar-refractivity contribution in [1.82, 2.24) is 14.8 Å². The first-order valence-corrected chi connectivity index (χ1v) is 10.8. The topological polar surface area (TPSA) is 83.1 Å². The normalized spacial score (nSPS) is 14.3. The molecule has 0 aliphatic heterocycles. The van der Waals surface area contributed by atoms with Crippen LogP contribution < -0.4 is 0 Å². The molecule has 2 aromatic rings. The summed E-state index contributed by atoms with van der Waals surface area (Å²) in [6.45, 7) is 6.41. The zero-order valence-corrected chi connectivity index (χ0v) is 14.3. The molecule has 7 nitrogen and oxygen atoms in total. The summed E-state index contributed by atoms with van der Waals surface area (Å²) < 4.78 is 14.8. The number of hydrogen-bond acceptors (Lipinski definition) is 5. The van der Waals surface area contributed by atoms with Gasteiger partial charge in [-0.05, 0) is 23.7 Å². The fourth-order valence-electron chi connectivity index (χ4n) is 2.69. The molecule has 1 heterocycles. The summed E-state index contributed by atoms with van der Waals surface area (Å²) in [6.07, 6.45) is 2.84. The Morgan fingerprint density at radius 1 is 1.35 bits per heavy atom. The first kappa shape index (κ1) is 17.1. The molecule has 0 saturated carbocycles. The highest BCUT2D eigenvalue weighted by atomic mass is 28.3. The number of aromatic nitrogens is 3. The molecular weight excluding hydrogens is 319 g/mol. The largest absolute Gasteiger partial charge is 0.301 e. The number of rotatable bonds is 7. The third kappa shape index (κ3) is 4.59. The quantitative estimate of drug-likeness (QED) is 0.440. The molecular formula is C14H19FN4O3Si. The standard InChI is InChI=1S/C14H19FN4O3Si/c1-23(2,3)9-14(22-19(20)21,8-18-11-16-10-17-18)12-4-6-13(15)7-5-12/h4-7,10-11H,8-9H2,1-3H3. The van der Waals surface area contributed by atoms with Gasteiger partial charge in [0.1, 0.15) is 18.5 Å². The molecule has 1 atom stereocenters. The average molecular weight is 338 g/mol. The minimum atomic E-state index is -1.77. The van der Waals surface area contributed by atoms with Gasteiger partial charge in [-0.3, -0.25) is 4.68 Å². The van der Waals surface area contributed by atoms with E-state index in [-0.39, 0.29) is 6.54 Å². The summed E-state index contributed by atoms with van der Waals surface area (Å²) in [4.78, 5) is 20.2. The van der Waals surface area contributed by atoms with E-state index in [0.29, 0.717) is 11.6 Å². The van der Waals surface area contributed by atoms with Crippen LogP contribution in [0.1, 0.15) is 5.56 Å². The third-order valence-electron chi connectivity index (χ3n) is 3.32. The highest BCUT2D eigenvalue weighted by Crippen LogP contribution is 2.36. The summed E-state index contributed by atoms with van der Waals surface area (Å²) in [5.41, 5.74) is -0.677. The van der Waals surface area contributed by atoms with Gasteiger partial charge in [0.25, 0.3) is 5.09 Å². The van der Waals surface area contributed by atoms with Gasteiger partial charge in [-0.25, -0.2) is 9.37 Å². The molecule has 0 aliphatic carbocycles. The maximum Gasteiger partial charge on any atom is 0.295 e. The van der Waals surface area contributed by atoms with E-state index in [2.05, 4.69) is 29.7 Å². The minimum Gasteiger partial charge on any atom is -0.301 e. The molecule has 9 heteroatoms. The molecule has 0 aliphatic rings. The van der Waals surface area contributed by atoms with Crippen LogP contribution in [0.15, 0.2) is 36.9 Å². The van der Waals surface area contributed by atoms with Gasteiger partial charge in [0.2, 0.25) is 0 Å². The lowest BCUT2D eigenvalue weighted by atomic mass is 9.95. The molecule has 124 valence electrons. The Balaban J connectivity index is 2.51. The zero-order chi connectivity index (χ0) is 17.1. The molecule has 1 aromatic heterocycles. The second kappa shape index (κ2) is 6.45. The molecule has 2 rings (SSSR count). The first-order chi connectivity index (χ1) is 10.7. The average Bonchev–Trinajstić information content (AvgIpc) is 2.89. The SMILES string of the molecule is C[Si](C)(C)CC(Cn1cncn1)(O[N+](=O)[O-])c1ccc(F)cc1. The highest BCUT2D eigenvalue weighted by Gasteiger charge is 2.41. The Bertz CT molecular complexity index is 658. The fourth-order valence-corrected chi connectivity index (χ4v) is 4.79. The minimum absolute atomic E-state index is 0.129. The molecule has 0 amide bonds. The Hall–Kier alpha value is -2.29. The molecule has 0 spiro atoms. The van der Waals surface area contributed by atoms with Crippen LogP contribution >= 0.6 is 0 Å². The Morgan fingerprint density at radius 2 is 2.00 bits per heavy atom. The van der Waals surface area contributed by atoms with Gasteiger partial charge in [-0.2, -0.15) is 5.10 Å². The lowest BCUT2D eigenvalue weighted by molar-refractivity contribution is -0.784. The molecule has 0 fully saturated rings. The number of halogens is 1. The van der Waals surface area contributed by atoms with E-state index in [1.165, 1.54) is 41.6 Å². The summed E-state index contributed by atoms with van der Waals surface area (Å²) in [5.74, 6) is -0.405. The molecule has 1 aromatic carbocycles. The Morgan fingerprint density at radius 3 is 2.48 bits per heavy atom. The van der Waals surface area contributed by atoms with Gasteiger partial charge < -0.3 is 4.84 Å². The Labute approximate surface area is 134 Å². The second-order valence-corrected chi connectivity index (χ2v) is 12.1. The van der Waals surface area contributed by atoms with Crippen molar-refractivity contribution in [2.24, 2.45) is 0 Å². The number of nitrogens with zero attached hydrogens (tertiary/aromatic N) is 4. The van der Waals surface area contributed by atoms with Crippen molar-refractivity contribution >= 4 is 8.07 Å². The van der Waals surface area contributed by atoms with Crippen molar-refractivity contribution < 1.29 is 14.3 Å².